The number of nitrogens with zero attached hydrogens (tertiary/aromatic N) is 2. The number of anilines is 1. The number of hydrogen-bond donors (Lipinski definition) is 1. The highest BCUT2D eigenvalue weighted by Gasteiger charge is 2.51. The molecule has 1 aromatic carbocycles. The number of rotatable bonds is 4. The molecule has 4 heterocycles. The fourth-order valence-electron chi connectivity index (χ4n) is 6.61. The fraction of sp³-hybridized carbons (Fsp3) is 0.731. The van der Waals surface area contributed by atoms with Crippen LogP contribution >= 0.6 is 0 Å². The number of likely N-dealkylation sites (tertiary alicyclic amines) is 1. The van der Waals surface area contributed by atoms with E-state index in [0.29, 0.717) is 37.8 Å². The molecule has 32 heavy (non-hydrogen) atoms. The van der Waals surface area contributed by atoms with Crippen molar-refractivity contribution in [3.63, 3.8) is 0 Å². The minimum Gasteiger partial charge on any atom is -0.381 e. The summed E-state index contributed by atoms with van der Waals surface area (Å²) in [7, 11) is 0. The number of carbonyl (C=O) groups excluding carboxylic acids is 1. The third-order valence-electron chi connectivity index (χ3n) is 8.55. The molecule has 5 nitrogen and oxygen atoms in total. The highest BCUT2D eigenvalue weighted by atomic mass is 19.1. The van der Waals surface area contributed by atoms with Crippen molar-refractivity contribution in [1.29, 1.82) is 0 Å². The summed E-state index contributed by atoms with van der Waals surface area (Å²) in [5.41, 5.74) is 2.24. The second kappa shape index (κ2) is 9.30. The number of hydrogen-bond acceptors (Lipinski definition) is 4. The number of piperidine rings is 2. The Morgan fingerprint density at radius 3 is 2.78 bits per heavy atom. The average Bonchev–Trinajstić information content (AvgIpc) is 3.19. The van der Waals surface area contributed by atoms with E-state index in [-0.39, 0.29) is 11.8 Å². The van der Waals surface area contributed by atoms with Crippen LogP contribution in [0.1, 0.15) is 70.3 Å². The van der Waals surface area contributed by atoms with Gasteiger partial charge in [0.15, 0.2) is 0 Å². The van der Waals surface area contributed by atoms with Gasteiger partial charge in [-0.3, -0.25) is 9.69 Å². The lowest BCUT2D eigenvalue weighted by molar-refractivity contribution is -0.134. The molecule has 5 rings (SSSR count). The molecule has 0 unspecified atom stereocenters. The maximum atomic E-state index is 14.3. The third-order valence-corrected chi connectivity index (χ3v) is 8.55. The van der Waals surface area contributed by atoms with Gasteiger partial charge in [-0.15, -0.1) is 0 Å². The van der Waals surface area contributed by atoms with Crippen molar-refractivity contribution in [1.82, 2.24) is 10.2 Å². The van der Waals surface area contributed by atoms with Gasteiger partial charge in [-0.1, -0.05) is 12.5 Å². The topological polar surface area (TPSA) is 44.8 Å². The maximum absolute atomic E-state index is 14.3. The number of ether oxygens (including phenoxy) is 1. The van der Waals surface area contributed by atoms with Crippen LogP contribution in [0, 0.1) is 5.41 Å². The molecule has 0 aliphatic carbocycles. The van der Waals surface area contributed by atoms with E-state index in [0.717, 1.165) is 63.0 Å². The summed E-state index contributed by atoms with van der Waals surface area (Å²) in [6.45, 7) is 6.20. The number of halogens is 1. The van der Waals surface area contributed by atoms with Crippen molar-refractivity contribution in [2.45, 2.75) is 76.5 Å². The highest BCUT2D eigenvalue weighted by Crippen LogP contribution is 2.48. The molecule has 4 aliphatic rings. The Morgan fingerprint density at radius 1 is 1.22 bits per heavy atom. The summed E-state index contributed by atoms with van der Waals surface area (Å²) in [6.07, 6.45) is 6.89. The molecular weight excluding hydrogens is 405 g/mol. The van der Waals surface area contributed by atoms with Crippen LogP contribution in [-0.4, -0.2) is 62.3 Å². The maximum Gasteiger partial charge on any atom is 0.227 e. The second-order valence-corrected chi connectivity index (χ2v) is 10.2. The largest absolute Gasteiger partial charge is 0.381 e. The monoisotopic (exact) mass is 445 g/mol. The Labute approximate surface area is 193 Å². The average molecular weight is 446 g/mol. The van der Waals surface area contributed by atoms with Gasteiger partial charge >= 0.3 is 0 Å². The van der Waals surface area contributed by atoms with Gasteiger partial charge in [0.25, 0.3) is 0 Å². The Kier molecular flexibility index (Phi) is 6.08. The number of amides is 1. The normalized spacial score (nSPS) is 35.2. The van der Waals surface area contributed by atoms with Crippen LogP contribution in [0.2, 0.25) is 0 Å². The molecule has 1 amide bonds. The predicted molar refractivity (Wildman–Crippen MR) is 125 cm³/mol. The molecule has 0 aromatic heterocycles. The molecule has 0 saturated carbocycles. The zero-order chi connectivity index (χ0) is 23.1. The first-order valence-electron chi connectivity index (χ1n) is 13.0. The summed E-state index contributed by atoms with van der Waals surface area (Å²) < 4.78 is 28.8. The van der Waals surface area contributed by atoms with Gasteiger partial charge in [0.05, 0.1) is 12.0 Å². The Hall–Kier alpha value is -1.66. The van der Waals surface area contributed by atoms with E-state index in [4.69, 9.17) is 6.11 Å². The van der Waals surface area contributed by atoms with Crippen LogP contribution in [0.5, 0.6) is 0 Å². The quantitative estimate of drug-likeness (QED) is 0.761. The molecule has 4 fully saturated rings. The lowest BCUT2D eigenvalue weighted by Crippen LogP contribution is -2.50. The van der Waals surface area contributed by atoms with Gasteiger partial charge in [-0.2, -0.15) is 0 Å². The highest BCUT2D eigenvalue weighted by molar-refractivity contribution is 5.86. The minimum atomic E-state index is -0.529. The van der Waals surface area contributed by atoms with Crippen LogP contribution in [0.25, 0.3) is 0 Å². The number of benzene rings is 1. The van der Waals surface area contributed by atoms with E-state index in [9.17, 15) is 9.18 Å². The SMILES string of the molecule is [3H][C@]1(C)CCCCN1C1CCN(c2ccc([C@@H]3COCC[C@@]34CCNC4=O)c(CF)c2)CC1. The van der Waals surface area contributed by atoms with Gasteiger partial charge < -0.3 is 15.0 Å². The minimum absolute atomic E-state index is 0.0897. The van der Waals surface area contributed by atoms with Crippen LogP contribution in [-0.2, 0) is 16.2 Å². The summed E-state index contributed by atoms with van der Waals surface area (Å²) in [5, 5.41) is 3.00. The molecular formula is C26H38FN3O2. The summed E-state index contributed by atoms with van der Waals surface area (Å²) >= 11 is 0. The van der Waals surface area contributed by atoms with E-state index in [1.807, 2.05) is 6.07 Å². The predicted octanol–water partition coefficient (Wildman–Crippen LogP) is 4.01. The standard InChI is InChI=1S/C26H38FN3O2/c1-19-4-2-3-12-30(19)21-7-13-29(14-8-21)22-5-6-23(20(16-22)17-27)24-18-32-15-10-26(24)9-11-28-25(26)31/h5-6,16,19,21,24H,2-4,7-15,17-18H2,1H3,(H,28,31)/t19-,24-,26-/m0/s1/i19T. The Balaban J connectivity index is 1.32. The van der Waals surface area contributed by atoms with Crippen LogP contribution in [0.3, 0.4) is 0 Å². The van der Waals surface area contributed by atoms with E-state index < -0.39 is 18.1 Å². The molecule has 3 atom stereocenters. The van der Waals surface area contributed by atoms with Gasteiger partial charge in [-0.05, 0) is 75.3 Å². The number of nitrogens with one attached hydrogen (secondary N) is 1. The van der Waals surface area contributed by atoms with Crippen LogP contribution in [0.15, 0.2) is 18.2 Å². The van der Waals surface area contributed by atoms with Crippen molar-refractivity contribution in [3.8, 4) is 0 Å². The Morgan fingerprint density at radius 2 is 2.06 bits per heavy atom. The molecule has 1 N–H and O–H groups in total. The number of alkyl halides is 1. The lowest BCUT2D eigenvalue weighted by Gasteiger charge is -2.44. The Bertz CT molecular complexity index is 873. The van der Waals surface area contributed by atoms with E-state index in [1.54, 1.807) is 0 Å². The molecule has 1 spiro atoms. The van der Waals surface area contributed by atoms with E-state index in [1.165, 1.54) is 6.42 Å². The van der Waals surface area contributed by atoms with Crippen molar-refractivity contribution in [2.75, 3.05) is 44.3 Å². The van der Waals surface area contributed by atoms with E-state index in [2.05, 4.69) is 34.2 Å². The molecule has 6 heteroatoms. The van der Waals surface area contributed by atoms with Gasteiger partial charge in [0.2, 0.25) is 5.91 Å². The third kappa shape index (κ3) is 3.94. The number of carbonyl (C=O) groups is 1. The van der Waals surface area contributed by atoms with Gasteiger partial charge in [0.1, 0.15) is 6.67 Å². The van der Waals surface area contributed by atoms with Crippen molar-refractivity contribution < 1.29 is 15.3 Å². The zero-order valence-corrected chi connectivity index (χ0v) is 19.4. The van der Waals surface area contributed by atoms with Crippen LogP contribution < -0.4 is 10.2 Å². The first-order chi connectivity index (χ1) is 15.9. The first kappa shape index (κ1) is 20.9. The molecule has 4 saturated heterocycles. The molecule has 0 bridgehead atoms. The van der Waals surface area contributed by atoms with Gasteiger partial charge in [0, 0.05) is 51.3 Å². The smallest absolute Gasteiger partial charge is 0.227 e. The summed E-state index contributed by atoms with van der Waals surface area (Å²) in [6, 6.07) is 6.18. The molecule has 176 valence electrons. The van der Waals surface area contributed by atoms with Crippen molar-refractivity contribution in [2.24, 2.45) is 5.41 Å². The summed E-state index contributed by atoms with van der Waals surface area (Å²) in [4.78, 5) is 17.5. The lowest BCUT2D eigenvalue weighted by atomic mass is 9.67. The zero-order valence-electron chi connectivity index (χ0n) is 20.4. The molecule has 4 aliphatic heterocycles. The molecule has 0 radical (unpaired) electrons. The van der Waals surface area contributed by atoms with Crippen molar-refractivity contribution in [3.05, 3.63) is 29.3 Å². The molecule has 1 aromatic rings. The summed E-state index contributed by atoms with van der Waals surface area (Å²) in [5.74, 6) is 0.0129. The van der Waals surface area contributed by atoms with Crippen LogP contribution in [0.4, 0.5) is 10.1 Å². The van der Waals surface area contributed by atoms with E-state index >= 15 is 0 Å². The van der Waals surface area contributed by atoms with Gasteiger partial charge in [-0.25, -0.2) is 4.39 Å². The second-order valence-electron chi connectivity index (χ2n) is 10.2. The first-order valence-corrected chi connectivity index (χ1v) is 12.5. The fourth-order valence-corrected chi connectivity index (χ4v) is 6.61. The van der Waals surface area contributed by atoms with Crippen molar-refractivity contribution >= 4 is 11.6 Å².